The van der Waals surface area contributed by atoms with Crippen molar-refractivity contribution in [3.8, 4) is 11.5 Å². The predicted octanol–water partition coefficient (Wildman–Crippen LogP) is 3.04. The summed E-state index contributed by atoms with van der Waals surface area (Å²) in [7, 11) is 0. The van der Waals surface area contributed by atoms with Crippen LogP contribution in [0.3, 0.4) is 0 Å². The first-order valence-electron chi connectivity index (χ1n) is 10.2. The maximum atomic E-state index is 5.88. The van der Waals surface area contributed by atoms with Gasteiger partial charge in [0.25, 0.3) is 0 Å². The van der Waals surface area contributed by atoms with Gasteiger partial charge in [-0.05, 0) is 24.3 Å². The Bertz CT molecular complexity index is 1010. The molecule has 2 aromatic heterocycles. The Labute approximate surface area is 173 Å². The Hall–Kier alpha value is -3.10. The second-order valence-electron chi connectivity index (χ2n) is 7.43. The molecule has 2 aromatic carbocycles. The minimum Gasteiger partial charge on any atom is -0.492 e. The van der Waals surface area contributed by atoms with Gasteiger partial charge in [-0.25, -0.2) is 0 Å². The highest BCUT2D eigenvalue weighted by Crippen LogP contribution is 2.21. The Morgan fingerprint density at radius 2 is 1.17 bits per heavy atom. The number of hydrogen-bond donors (Lipinski definition) is 0. The van der Waals surface area contributed by atoms with Gasteiger partial charge >= 0.3 is 0 Å². The summed E-state index contributed by atoms with van der Waals surface area (Å²) >= 11 is 0. The molecule has 0 amide bonds. The van der Waals surface area contributed by atoms with Crippen LogP contribution in [-0.4, -0.2) is 72.6 Å². The zero-order chi connectivity index (χ0) is 20.2. The number of rotatable bonds is 8. The fraction of sp³-hybridized carbons (Fsp3) is 0.364. The van der Waals surface area contributed by atoms with Crippen LogP contribution in [0.15, 0.2) is 57.8 Å². The maximum Gasteiger partial charge on any atom is 0.170 e. The van der Waals surface area contributed by atoms with Crippen molar-refractivity contribution in [2.75, 3.05) is 52.5 Å². The monoisotopic (exact) mass is 408 g/mol. The van der Waals surface area contributed by atoms with Gasteiger partial charge in [-0.2, -0.15) is 0 Å². The first-order valence-corrected chi connectivity index (χ1v) is 10.2. The smallest absolute Gasteiger partial charge is 0.170 e. The van der Waals surface area contributed by atoms with E-state index >= 15 is 0 Å². The van der Waals surface area contributed by atoms with Crippen molar-refractivity contribution in [1.82, 2.24) is 20.1 Å². The van der Waals surface area contributed by atoms with Crippen LogP contribution >= 0.6 is 0 Å². The molecular formula is C22H24N4O4. The van der Waals surface area contributed by atoms with E-state index in [0.717, 1.165) is 72.7 Å². The fourth-order valence-electron chi connectivity index (χ4n) is 3.68. The van der Waals surface area contributed by atoms with Crippen molar-refractivity contribution in [3.05, 3.63) is 48.8 Å². The molecule has 0 radical (unpaired) electrons. The summed E-state index contributed by atoms with van der Waals surface area (Å²) in [5.74, 6) is 1.64. The van der Waals surface area contributed by atoms with Crippen molar-refractivity contribution >= 4 is 21.9 Å². The van der Waals surface area contributed by atoms with E-state index in [1.165, 1.54) is 0 Å². The zero-order valence-corrected chi connectivity index (χ0v) is 16.7. The van der Waals surface area contributed by atoms with Crippen LogP contribution in [0.2, 0.25) is 0 Å². The molecule has 0 bridgehead atoms. The van der Waals surface area contributed by atoms with Crippen molar-refractivity contribution in [2.45, 2.75) is 0 Å². The molecule has 3 heterocycles. The van der Waals surface area contributed by atoms with Gasteiger partial charge in [0, 0.05) is 62.2 Å². The molecule has 0 saturated carbocycles. The van der Waals surface area contributed by atoms with Gasteiger partial charge in [0.05, 0.1) is 12.4 Å². The Kier molecular flexibility index (Phi) is 5.50. The van der Waals surface area contributed by atoms with Crippen LogP contribution in [-0.2, 0) is 0 Å². The second-order valence-corrected chi connectivity index (χ2v) is 7.43. The highest BCUT2D eigenvalue weighted by molar-refractivity contribution is 5.77. The first kappa shape index (κ1) is 18.9. The van der Waals surface area contributed by atoms with Crippen molar-refractivity contribution in [2.24, 2.45) is 0 Å². The predicted molar refractivity (Wildman–Crippen MR) is 112 cm³/mol. The van der Waals surface area contributed by atoms with E-state index in [9.17, 15) is 0 Å². The molecule has 30 heavy (non-hydrogen) atoms. The van der Waals surface area contributed by atoms with E-state index in [0.29, 0.717) is 13.2 Å². The highest BCUT2D eigenvalue weighted by atomic mass is 16.5. The van der Waals surface area contributed by atoms with Gasteiger partial charge < -0.3 is 18.5 Å². The van der Waals surface area contributed by atoms with E-state index in [1.807, 2.05) is 36.4 Å². The average Bonchev–Trinajstić information content (AvgIpc) is 3.43. The largest absolute Gasteiger partial charge is 0.492 e. The zero-order valence-electron chi connectivity index (χ0n) is 16.7. The van der Waals surface area contributed by atoms with Gasteiger partial charge in [-0.1, -0.05) is 10.3 Å². The molecule has 1 saturated heterocycles. The van der Waals surface area contributed by atoms with Gasteiger partial charge in [0.1, 0.15) is 24.7 Å². The molecule has 0 atom stereocenters. The number of piperazine rings is 1. The van der Waals surface area contributed by atoms with E-state index in [1.54, 1.807) is 12.4 Å². The van der Waals surface area contributed by atoms with Gasteiger partial charge in [-0.15, -0.1) is 0 Å². The molecule has 5 rings (SSSR count). The third-order valence-electron chi connectivity index (χ3n) is 5.47. The number of ether oxygens (including phenoxy) is 2. The minimum absolute atomic E-state index is 0.660. The highest BCUT2D eigenvalue weighted by Gasteiger charge is 2.16. The molecule has 0 spiro atoms. The van der Waals surface area contributed by atoms with E-state index in [4.69, 9.17) is 18.5 Å². The van der Waals surface area contributed by atoms with Crippen molar-refractivity contribution < 1.29 is 18.5 Å². The average molecular weight is 408 g/mol. The number of nitrogens with zero attached hydrogens (tertiary/aromatic N) is 4. The lowest BCUT2D eigenvalue weighted by atomic mass is 10.2. The standard InChI is InChI=1S/C22H24N4O4/c1-3-19(13-21-17(1)15-23-29-21)27-11-9-25-5-7-26(8-6-25)10-12-28-20-4-2-18-16-24-30-22(18)14-20/h1-4,13-16H,5-12H2. The molecule has 1 aliphatic heterocycles. The molecule has 8 nitrogen and oxygen atoms in total. The molecule has 8 heteroatoms. The molecule has 1 aliphatic rings. The molecule has 0 N–H and O–H groups in total. The summed E-state index contributed by atoms with van der Waals surface area (Å²) in [5.41, 5.74) is 1.51. The van der Waals surface area contributed by atoms with E-state index in [-0.39, 0.29) is 0 Å². The van der Waals surface area contributed by atoms with E-state index in [2.05, 4.69) is 20.1 Å². The van der Waals surface area contributed by atoms with Crippen LogP contribution in [0.1, 0.15) is 0 Å². The fourth-order valence-corrected chi connectivity index (χ4v) is 3.68. The summed E-state index contributed by atoms with van der Waals surface area (Å²) in [6.45, 7) is 7.29. The lowest BCUT2D eigenvalue weighted by molar-refractivity contribution is 0.105. The minimum atomic E-state index is 0.660. The third kappa shape index (κ3) is 4.39. The number of benzene rings is 2. The topological polar surface area (TPSA) is 77.0 Å². The number of aromatic nitrogens is 2. The Morgan fingerprint density at radius 1 is 0.700 bits per heavy atom. The summed E-state index contributed by atoms with van der Waals surface area (Å²) < 4.78 is 22.1. The summed E-state index contributed by atoms with van der Waals surface area (Å²) in [4.78, 5) is 4.87. The molecule has 0 unspecified atom stereocenters. The van der Waals surface area contributed by atoms with Crippen LogP contribution in [0.25, 0.3) is 21.9 Å². The first-order chi connectivity index (χ1) is 14.8. The normalized spacial score (nSPS) is 15.7. The van der Waals surface area contributed by atoms with Gasteiger partial charge in [-0.3, -0.25) is 9.80 Å². The molecular weight excluding hydrogens is 384 g/mol. The van der Waals surface area contributed by atoms with Crippen LogP contribution in [0.5, 0.6) is 11.5 Å². The number of fused-ring (bicyclic) bond motifs is 2. The van der Waals surface area contributed by atoms with Crippen molar-refractivity contribution in [1.29, 1.82) is 0 Å². The molecule has 4 aromatic rings. The maximum absolute atomic E-state index is 5.88. The van der Waals surface area contributed by atoms with Crippen LogP contribution in [0.4, 0.5) is 0 Å². The van der Waals surface area contributed by atoms with Crippen LogP contribution in [0, 0.1) is 0 Å². The molecule has 156 valence electrons. The Balaban J connectivity index is 0.999. The van der Waals surface area contributed by atoms with Crippen molar-refractivity contribution in [3.63, 3.8) is 0 Å². The number of hydrogen-bond acceptors (Lipinski definition) is 8. The molecule has 1 fully saturated rings. The molecule has 0 aliphatic carbocycles. The summed E-state index contributed by atoms with van der Waals surface area (Å²) in [6.07, 6.45) is 3.41. The summed E-state index contributed by atoms with van der Waals surface area (Å²) in [6, 6.07) is 11.6. The second kappa shape index (κ2) is 8.73. The van der Waals surface area contributed by atoms with E-state index < -0.39 is 0 Å². The van der Waals surface area contributed by atoms with Gasteiger partial charge in [0.2, 0.25) is 0 Å². The lowest BCUT2D eigenvalue weighted by Gasteiger charge is -2.34. The van der Waals surface area contributed by atoms with Gasteiger partial charge in [0.15, 0.2) is 11.2 Å². The Morgan fingerprint density at radius 3 is 1.63 bits per heavy atom. The summed E-state index contributed by atoms with van der Waals surface area (Å²) in [5, 5.41) is 9.56. The SMILES string of the molecule is c1cc2cnoc2cc1OCCN1CCN(CCOc2ccc3cnoc3c2)CC1. The van der Waals surface area contributed by atoms with Crippen LogP contribution < -0.4 is 9.47 Å². The third-order valence-corrected chi connectivity index (χ3v) is 5.47. The lowest BCUT2D eigenvalue weighted by Crippen LogP contribution is -2.48. The quantitative estimate of drug-likeness (QED) is 0.440.